The van der Waals surface area contributed by atoms with Crippen molar-refractivity contribution in [3.63, 3.8) is 0 Å². The van der Waals surface area contributed by atoms with E-state index in [4.69, 9.17) is 10.00 Å². The standard InChI is InChI=1S/C11H10N2O2/c1-8-2-3-9-10(6-8)15-7-11(14)13(9)5-4-12/h2-3,6H,5,7H2,1H3. The molecule has 1 aromatic carbocycles. The summed E-state index contributed by atoms with van der Waals surface area (Å²) in [5.41, 5.74) is 1.75. The second-order valence-corrected chi connectivity index (χ2v) is 3.40. The van der Waals surface area contributed by atoms with Crippen LogP contribution in [-0.4, -0.2) is 19.1 Å². The molecule has 0 aliphatic carbocycles. The van der Waals surface area contributed by atoms with E-state index in [1.54, 1.807) is 6.07 Å². The molecule has 1 amide bonds. The Hall–Kier alpha value is -2.02. The number of fused-ring (bicyclic) bond motifs is 1. The third kappa shape index (κ3) is 1.64. The number of carbonyl (C=O) groups excluding carboxylic acids is 1. The normalized spacial score (nSPS) is 14.1. The molecule has 0 atom stereocenters. The summed E-state index contributed by atoms with van der Waals surface area (Å²) in [7, 11) is 0. The van der Waals surface area contributed by atoms with Crippen LogP contribution in [0.5, 0.6) is 5.75 Å². The molecule has 1 aliphatic heterocycles. The lowest BCUT2D eigenvalue weighted by atomic mass is 10.1. The Balaban J connectivity index is 2.44. The van der Waals surface area contributed by atoms with E-state index in [-0.39, 0.29) is 19.1 Å². The SMILES string of the molecule is Cc1ccc2c(c1)OCC(=O)N2CC#N. The van der Waals surface area contributed by atoms with Crippen LogP contribution >= 0.6 is 0 Å². The lowest BCUT2D eigenvalue weighted by Gasteiger charge is -2.27. The van der Waals surface area contributed by atoms with Gasteiger partial charge < -0.3 is 4.74 Å². The average Bonchev–Trinajstić information content (AvgIpc) is 2.22. The molecule has 0 N–H and O–H groups in total. The van der Waals surface area contributed by atoms with Gasteiger partial charge in [-0.2, -0.15) is 5.26 Å². The van der Waals surface area contributed by atoms with Crippen molar-refractivity contribution in [3.8, 4) is 11.8 Å². The predicted molar refractivity (Wildman–Crippen MR) is 54.6 cm³/mol. The van der Waals surface area contributed by atoms with Gasteiger partial charge in [-0.05, 0) is 24.6 Å². The molecular formula is C11H10N2O2. The van der Waals surface area contributed by atoms with Gasteiger partial charge in [0.2, 0.25) is 0 Å². The molecule has 4 nitrogen and oxygen atoms in total. The van der Waals surface area contributed by atoms with Crippen LogP contribution in [0.25, 0.3) is 0 Å². The van der Waals surface area contributed by atoms with Crippen LogP contribution in [-0.2, 0) is 4.79 Å². The molecule has 0 bridgehead atoms. The second kappa shape index (κ2) is 3.62. The third-order valence-corrected chi connectivity index (χ3v) is 2.29. The zero-order valence-corrected chi connectivity index (χ0v) is 8.36. The summed E-state index contributed by atoms with van der Waals surface area (Å²) in [5.74, 6) is 0.498. The lowest BCUT2D eigenvalue weighted by molar-refractivity contribution is -0.121. The molecule has 1 heterocycles. The van der Waals surface area contributed by atoms with Crippen LogP contribution in [0.3, 0.4) is 0 Å². The first-order chi connectivity index (χ1) is 7.22. The molecule has 76 valence electrons. The monoisotopic (exact) mass is 202 g/mol. The highest BCUT2D eigenvalue weighted by molar-refractivity contribution is 5.98. The maximum absolute atomic E-state index is 11.5. The van der Waals surface area contributed by atoms with Gasteiger partial charge in [-0.15, -0.1) is 0 Å². The number of rotatable bonds is 1. The van der Waals surface area contributed by atoms with E-state index in [2.05, 4.69) is 0 Å². The van der Waals surface area contributed by atoms with Crippen LogP contribution in [0.2, 0.25) is 0 Å². The number of hydrogen-bond donors (Lipinski definition) is 0. The first-order valence-electron chi connectivity index (χ1n) is 4.63. The Labute approximate surface area is 87.7 Å². The summed E-state index contributed by atoms with van der Waals surface area (Å²) in [6, 6.07) is 7.54. The number of anilines is 1. The third-order valence-electron chi connectivity index (χ3n) is 2.29. The van der Waals surface area contributed by atoms with Gasteiger partial charge >= 0.3 is 0 Å². The van der Waals surface area contributed by atoms with E-state index in [0.717, 1.165) is 5.56 Å². The van der Waals surface area contributed by atoms with Crippen molar-refractivity contribution in [2.24, 2.45) is 0 Å². The highest BCUT2D eigenvalue weighted by Crippen LogP contribution is 2.32. The maximum atomic E-state index is 11.5. The van der Waals surface area contributed by atoms with Gasteiger partial charge in [-0.25, -0.2) is 0 Å². The Morgan fingerprint density at radius 3 is 3.13 bits per heavy atom. The first-order valence-corrected chi connectivity index (χ1v) is 4.63. The summed E-state index contributed by atoms with van der Waals surface area (Å²) >= 11 is 0. The van der Waals surface area contributed by atoms with Gasteiger partial charge in [0.1, 0.15) is 12.3 Å². The minimum atomic E-state index is -0.173. The van der Waals surface area contributed by atoms with Crippen LogP contribution in [0.1, 0.15) is 5.56 Å². The lowest BCUT2D eigenvalue weighted by Crippen LogP contribution is -2.38. The highest BCUT2D eigenvalue weighted by atomic mass is 16.5. The molecule has 0 saturated carbocycles. The fraction of sp³-hybridized carbons (Fsp3) is 0.273. The Bertz CT molecular complexity index is 448. The van der Waals surface area contributed by atoms with Crippen molar-refractivity contribution in [2.45, 2.75) is 6.92 Å². The van der Waals surface area contributed by atoms with Crippen molar-refractivity contribution >= 4 is 11.6 Å². The Morgan fingerprint density at radius 2 is 2.40 bits per heavy atom. The molecule has 1 aliphatic rings. The molecule has 0 saturated heterocycles. The predicted octanol–water partition coefficient (Wildman–Crippen LogP) is 1.24. The average molecular weight is 202 g/mol. The first kappa shape index (κ1) is 9.53. The van der Waals surface area contributed by atoms with E-state index in [9.17, 15) is 4.79 Å². The van der Waals surface area contributed by atoms with Gasteiger partial charge in [0, 0.05) is 0 Å². The molecule has 0 spiro atoms. The fourth-order valence-corrected chi connectivity index (χ4v) is 1.56. The van der Waals surface area contributed by atoms with Gasteiger partial charge in [0.15, 0.2) is 6.61 Å². The van der Waals surface area contributed by atoms with E-state index in [1.165, 1.54) is 4.90 Å². The quantitative estimate of drug-likeness (QED) is 0.644. The number of carbonyl (C=O) groups is 1. The molecule has 0 radical (unpaired) electrons. The van der Waals surface area contributed by atoms with Crippen molar-refractivity contribution in [2.75, 3.05) is 18.1 Å². The molecular weight excluding hydrogens is 192 g/mol. The van der Waals surface area contributed by atoms with E-state index in [0.29, 0.717) is 11.4 Å². The number of nitrogens with zero attached hydrogens (tertiary/aromatic N) is 2. The van der Waals surface area contributed by atoms with E-state index >= 15 is 0 Å². The summed E-state index contributed by atoms with van der Waals surface area (Å²) in [6.07, 6.45) is 0. The Kier molecular flexibility index (Phi) is 2.30. The van der Waals surface area contributed by atoms with Crippen LogP contribution in [0.4, 0.5) is 5.69 Å². The van der Waals surface area contributed by atoms with Crippen molar-refractivity contribution < 1.29 is 9.53 Å². The van der Waals surface area contributed by atoms with E-state index in [1.807, 2.05) is 25.1 Å². The summed E-state index contributed by atoms with van der Waals surface area (Å²) in [5, 5.41) is 8.63. The zero-order chi connectivity index (χ0) is 10.8. The molecule has 2 rings (SSSR count). The Morgan fingerprint density at radius 1 is 1.60 bits per heavy atom. The molecule has 0 fully saturated rings. The molecule has 15 heavy (non-hydrogen) atoms. The van der Waals surface area contributed by atoms with Crippen molar-refractivity contribution in [1.29, 1.82) is 5.26 Å². The maximum Gasteiger partial charge on any atom is 0.265 e. The molecule has 0 unspecified atom stereocenters. The van der Waals surface area contributed by atoms with Gasteiger partial charge in [-0.1, -0.05) is 6.07 Å². The molecule has 4 heteroatoms. The number of nitriles is 1. The van der Waals surface area contributed by atoms with Crippen molar-refractivity contribution in [3.05, 3.63) is 23.8 Å². The summed E-state index contributed by atoms with van der Waals surface area (Å²) < 4.78 is 5.29. The smallest absolute Gasteiger partial charge is 0.265 e. The fourth-order valence-electron chi connectivity index (χ4n) is 1.56. The topological polar surface area (TPSA) is 53.3 Å². The number of hydrogen-bond acceptors (Lipinski definition) is 3. The van der Waals surface area contributed by atoms with Gasteiger partial charge in [-0.3, -0.25) is 9.69 Å². The largest absolute Gasteiger partial charge is 0.482 e. The second-order valence-electron chi connectivity index (χ2n) is 3.40. The number of aryl methyl sites for hydroxylation is 1. The van der Waals surface area contributed by atoms with Crippen LogP contribution in [0.15, 0.2) is 18.2 Å². The number of amides is 1. The van der Waals surface area contributed by atoms with Crippen LogP contribution < -0.4 is 9.64 Å². The van der Waals surface area contributed by atoms with Gasteiger partial charge in [0.05, 0.1) is 11.8 Å². The molecule has 1 aromatic rings. The zero-order valence-electron chi connectivity index (χ0n) is 8.36. The number of benzene rings is 1. The minimum absolute atomic E-state index is 0.0120. The summed E-state index contributed by atoms with van der Waals surface area (Å²) in [6.45, 7) is 2.03. The highest BCUT2D eigenvalue weighted by Gasteiger charge is 2.24. The number of ether oxygens (including phenoxy) is 1. The van der Waals surface area contributed by atoms with Crippen molar-refractivity contribution in [1.82, 2.24) is 0 Å². The van der Waals surface area contributed by atoms with Crippen LogP contribution in [0, 0.1) is 18.3 Å². The van der Waals surface area contributed by atoms with Gasteiger partial charge in [0.25, 0.3) is 5.91 Å². The summed E-state index contributed by atoms with van der Waals surface area (Å²) in [4.78, 5) is 12.9. The van der Waals surface area contributed by atoms with E-state index < -0.39 is 0 Å². The minimum Gasteiger partial charge on any atom is -0.482 e. The molecule has 0 aromatic heterocycles.